The number of rotatable bonds is 7. The highest BCUT2D eigenvalue weighted by Crippen LogP contribution is 2.20. The van der Waals surface area contributed by atoms with Gasteiger partial charge in [-0.1, -0.05) is 42.5 Å². The summed E-state index contributed by atoms with van der Waals surface area (Å²) in [5.74, 6) is 0.546. The summed E-state index contributed by atoms with van der Waals surface area (Å²) < 4.78 is 7.20. The van der Waals surface area contributed by atoms with Gasteiger partial charge in [-0.3, -0.25) is 10.1 Å². The van der Waals surface area contributed by atoms with Crippen molar-refractivity contribution in [2.24, 2.45) is 0 Å². The minimum Gasteiger partial charge on any atom is -0.497 e. The normalized spacial score (nSPS) is 11.9. The average Bonchev–Trinajstić information content (AvgIpc) is 3.18. The van der Waals surface area contributed by atoms with E-state index in [4.69, 9.17) is 4.74 Å². The molecule has 146 valence electrons. The highest BCUT2D eigenvalue weighted by atomic mass is 16.5. The Hall–Kier alpha value is -3.64. The van der Waals surface area contributed by atoms with Crippen LogP contribution in [0.5, 0.6) is 5.75 Å². The van der Waals surface area contributed by atoms with E-state index >= 15 is 0 Å². The Kier molecular flexibility index (Phi) is 5.54. The van der Waals surface area contributed by atoms with Crippen molar-refractivity contribution >= 4 is 17.2 Å². The van der Waals surface area contributed by atoms with Gasteiger partial charge in [0.2, 0.25) is 5.91 Å². The van der Waals surface area contributed by atoms with Crippen LogP contribution in [0.2, 0.25) is 0 Å². The molecule has 0 radical (unpaired) electrons. The molecule has 1 amide bonds. The first kappa shape index (κ1) is 18.7. The molecule has 6 nitrogen and oxygen atoms in total. The topological polar surface area (TPSA) is 67.7 Å². The molecule has 0 saturated carbocycles. The zero-order valence-corrected chi connectivity index (χ0v) is 16.1. The summed E-state index contributed by atoms with van der Waals surface area (Å²) in [4.78, 5) is 17.7. The summed E-state index contributed by atoms with van der Waals surface area (Å²) in [5, 5.41) is 6.31. The number of methoxy groups -OCH3 is 1. The van der Waals surface area contributed by atoms with E-state index in [9.17, 15) is 4.79 Å². The first-order valence-corrected chi connectivity index (χ1v) is 9.39. The van der Waals surface area contributed by atoms with Crippen molar-refractivity contribution in [1.29, 1.82) is 0 Å². The molecule has 2 heterocycles. The van der Waals surface area contributed by atoms with Crippen LogP contribution in [0.25, 0.3) is 5.65 Å². The number of hydrogen-bond acceptors (Lipinski definition) is 4. The molecule has 0 saturated heterocycles. The molecular formula is C23H22N4O2. The standard InChI is InChI=1S/C23H22N4O2/c1-29-20-11-7-10-18(14-20)26-23(28)22(17-8-3-2-4-9-17)24-15-19-16-27-13-6-5-12-21(27)25-19/h2-14,16,22,24H,15H2,1H3,(H,26,28)/t22-/m0/s1. The molecule has 4 rings (SSSR count). The Balaban J connectivity index is 1.53. The zero-order valence-electron chi connectivity index (χ0n) is 16.1. The van der Waals surface area contributed by atoms with Gasteiger partial charge in [0.05, 0.1) is 12.8 Å². The molecule has 0 fully saturated rings. The van der Waals surface area contributed by atoms with Crippen LogP contribution in [0.15, 0.2) is 85.2 Å². The summed E-state index contributed by atoms with van der Waals surface area (Å²) in [6.45, 7) is 0.465. The Morgan fingerprint density at radius 1 is 1.07 bits per heavy atom. The number of amides is 1. The van der Waals surface area contributed by atoms with Gasteiger partial charge in [0.25, 0.3) is 0 Å². The summed E-state index contributed by atoms with van der Waals surface area (Å²) >= 11 is 0. The van der Waals surface area contributed by atoms with Crippen molar-refractivity contribution < 1.29 is 9.53 Å². The van der Waals surface area contributed by atoms with Gasteiger partial charge >= 0.3 is 0 Å². The van der Waals surface area contributed by atoms with Crippen LogP contribution in [0.1, 0.15) is 17.3 Å². The van der Waals surface area contributed by atoms with Crippen molar-refractivity contribution in [3.8, 4) is 5.75 Å². The lowest BCUT2D eigenvalue weighted by atomic mass is 10.1. The molecule has 0 spiro atoms. The number of carbonyl (C=O) groups excluding carboxylic acids is 1. The molecule has 29 heavy (non-hydrogen) atoms. The SMILES string of the molecule is COc1cccc(NC(=O)[C@@H](NCc2cn3ccccc3n2)c2ccccc2)c1. The van der Waals surface area contributed by atoms with Crippen LogP contribution in [-0.4, -0.2) is 22.4 Å². The number of hydrogen-bond donors (Lipinski definition) is 2. The predicted octanol–water partition coefficient (Wildman–Crippen LogP) is 3.81. The maximum Gasteiger partial charge on any atom is 0.246 e. The van der Waals surface area contributed by atoms with Crippen molar-refractivity contribution in [2.75, 3.05) is 12.4 Å². The third-order valence-electron chi connectivity index (χ3n) is 4.63. The smallest absolute Gasteiger partial charge is 0.246 e. The van der Waals surface area contributed by atoms with Crippen molar-refractivity contribution in [3.63, 3.8) is 0 Å². The molecule has 0 aliphatic carbocycles. The molecule has 6 heteroatoms. The molecule has 0 unspecified atom stereocenters. The fraction of sp³-hybridized carbons (Fsp3) is 0.130. The number of carbonyl (C=O) groups is 1. The zero-order chi connectivity index (χ0) is 20.1. The predicted molar refractivity (Wildman–Crippen MR) is 113 cm³/mol. The van der Waals surface area contributed by atoms with Gasteiger partial charge in [0.15, 0.2) is 0 Å². The number of fused-ring (bicyclic) bond motifs is 1. The summed E-state index contributed by atoms with van der Waals surface area (Å²) in [7, 11) is 1.60. The first-order valence-electron chi connectivity index (χ1n) is 9.39. The van der Waals surface area contributed by atoms with Gasteiger partial charge in [-0.2, -0.15) is 0 Å². The summed E-state index contributed by atoms with van der Waals surface area (Å²) in [5.41, 5.74) is 3.31. The largest absolute Gasteiger partial charge is 0.497 e. The van der Waals surface area contributed by atoms with Crippen LogP contribution < -0.4 is 15.4 Å². The van der Waals surface area contributed by atoms with E-state index in [1.165, 1.54) is 0 Å². The van der Waals surface area contributed by atoms with Gasteiger partial charge in [0, 0.05) is 30.7 Å². The fourth-order valence-electron chi connectivity index (χ4n) is 3.20. The lowest BCUT2D eigenvalue weighted by molar-refractivity contribution is -0.118. The lowest BCUT2D eigenvalue weighted by Gasteiger charge is -2.18. The van der Waals surface area contributed by atoms with Crippen LogP contribution in [0.3, 0.4) is 0 Å². The number of imidazole rings is 1. The van der Waals surface area contributed by atoms with E-state index in [1.54, 1.807) is 13.2 Å². The van der Waals surface area contributed by atoms with Gasteiger partial charge in [-0.25, -0.2) is 4.98 Å². The summed E-state index contributed by atoms with van der Waals surface area (Å²) in [6, 6.07) is 22.3. The first-order chi connectivity index (χ1) is 14.2. The minimum atomic E-state index is -0.521. The minimum absolute atomic E-state index is 0.145. The van der Waals surface area contributed by atoms with Crippen molar-refractivity contribution in [2.45, 2.75) is 12.6 Å². The Bertz CT molecular complexity index is 1080. The van der Waals surface area contributed by atoms with Crippen molar-refractivity contribution in [1.82, 2.24) is 14.7 Å². The third kappa shape index (κ3) is 4.44. The Labute approximate surface area is 169 Å². The number of nitrogens with zero attached hydrogens (tertiary/aromatic N) is 2. The number of ether oxygens (including phenoxy) is 1. The maximum absolute atomic E-state index is 13.1. The van der Waals surface area contributed by atoms with E-state index in [0.717, 1.165) is 16.9 Å². The molecule has 0 aliphatic heterocycles. The van der Waals surface area contributed by atoms with Crippen LogP contribution in [0, 0.1) is 0 Å². The highest BCUT2D eigenvalue weighted by Gasteiger charge is 2.20. The van der Waals surface area contributed by atoms with E-state index < -0.39 is 6.04 Å². The number of nitrogens with one attached hydrogen (secondary N) is 2. The second-order valence-electron chi connectivity index (χ2n) is 6.64. The van der Waals surface area contributed by atoms with Crippen LogP contribution in [0.4, 0.5) is 5.69 Å². The second kappa shape index (κ2) is 8.58. The monoisotopic (exact) mass is 386 g/mol. The van der Waals surface area contributed by atoms with Crippen LogP contribution in [-0.2, 0) is 11.3 Å². The van der Waals surface area contributed by atoms with Gasteiger partial charge in [0.1, 0.15) is 17.4 Å². The van der Waals surface area contributed by atoms with Gasteiger partial charge in [-0.05, 0) is 29.8 Å². The molecule has 0 bridgehead atoms. The quantitative estimate of drug-likeness (QED) is 0.507. The van der Waals surface area contributed by atoms with Gasteiger partial charge in [-0.15, -0.1) is 0 Å². The fourth-order valence-corrected chi connectivity index (χ4v) is 3.20. The molecular weight excluding hydrogens is 364 g/mol. The highest BCUT2D eigenvalue weighted by molar-refractivity contribution is 5.95. The molecule has 4 aromatic rings. The second-order valence-corrected chi connectivity index (χ2v) is 6.64. The summed E-state index contributed by atoms with van der Waals surface area (Å²) in [6.07, 6.45) is 3.92. The van der Waals surface area contributed by atoms with E-state index in [0.29, 0.717) is 18.0 Å². The molecule has 0 aliphatic rings. The van der Waals surface area contributed by atoms with E-state index in [1.807, 2.05) is 83.5 Å². The number of anilines is 1. The number of pyridine rings is 1. The van der Waals surface area contributed by atoms with Crippen LogP contribution >= 0.6 is 0 Å². The van der Waals surface area contributed by atoms with Crippen molar-refractivity contribution in [3.05, 3.63) is 96.4 Å². The number of aromatic nitrogens is 2. The Morgan fingerprint density at radius 2 is 1.90 bits per heavy atom. The molecule has 2 N–H and O–H groups in total. The number of benzene rings is 2. The Morgan fingerprint density at radius 3 is 2.69 bits per heavy atom. The van der Waals surface area contributed by atoms with Gasteiger partial charge < -0.3 is 14.5 Å². The molecule has 2 aromatic heterocycles. The average molecular weight is 386 g/mol. The molecule has 1 atom stereocenters. The maximum atomic E-state index is 13.1. The molecule has 2 aromatic carbocycles. The van der Waals surface area contributed by atoms with E-state index in [2.05, 4.69) is 15.6 Å². The van der Waals surface area contributed by atoms with E-state index in [-0.39, 0.29) is 5.91 Å². The lowest BCUT2D eigenvalue weighted by Crippen LogP contribution is -2.32. The third-order valence-corrected chi connectivity index (χ3v) is 4.63.